The summed E-state index contributed by atoms with van der Waals surface area (Å²) in [7, 11) is 3.16. The Morgan fingerprint density at radius 2 is 1.97 bits per heavy atom. The highest BCUT2D eigenvalue weighted by Crippen LogP contribution is 2.30. The fraction of sp³-hybridized carbons (Fsp3) is 0.560. The Labute approximate surface area is 201 Å². The Morgan fingerprint density at radius 1 is 1.24 bits per heavy atom. The van der Waals surface area contributed by atoms with Crippen LogP contribution in [0.5, 0.6) is 11.5 Å². The summed E-state index contributed by atoms with van der Waals surface area (Å²) in [5, 5.41) is 2.75. The molecule has 1 N–H and O–H groups in total. The molecule has 2 atom stereocenters. The van der Waals surface area contributed by atoms with Gasteiger partial charge in [0.1, 0.15) is 17.1 Å². The van der Waals surface area contributed by atoms with Crippen molar-refractivity contribution in [1.82, 2.24) is 10.2 Å². The van der Waals surface area contributed by atoms with Gasteiger partial charge in [0.25, 0.3) is 0 Å². The van der Waals surface area contributed by atoms with Gasteiger partial charge in [-0.2, -0.15) is 0 Å². The molecule has 1 heterocycles. The number of carbonyl (C=O) groups excluding carboxylic acids is 3. The molecule has 1 saturated heterocycles. The molecule has 9 nitrogen and oxygen atoms in total. The van der Waals surface area contributed by atoms with Gasteiger partial charge in [-0.25, -0.2) is 9.59 Å². The normalized spacial score (nSPS) is 16.9. The predicted molar refractivity (Wildman–Crippen MR) is 127 cm³/mol. The van der Waals surface area contributed by atoms with E-state index in [1.54, 1.807) is 59.0 Å². The van der Waals surface area contributed by atoms with Crippen LogP contribution in [-0.2, 0) is 25.6 Å². The Morgan fingerprint density at radius 3 is 2.59 bits per heavy atom. The quantitative estimate of drug-likeness (QED) is 0.407. The highest BCUT2D eigenvalue weighted by atomic mass is 16.6. The number of nitrogens with zero attached hydrogens (tertiary/aromatic N) is 1. The van der Waals surface area contributed by atoms with Crippen molar-refractivity contribution < 1.29 is 33.3 Å². The lowest BCUT2D eigenvalue weighted by atomic mass is 9.98. The molecule has 34 heavy (non-hydrogen) atoms. The molecule has 1 fully saturated rings. The van der Waals surface area contributed by atoms with Crippen molar-refractivity contribution in [2.45, 2.75) is 58.7 Å². The molecule has 0 aliphatic carbocycles. The summed E-state index contributed by atoms with van der Waals surface area (Å²) >= 11 is 0. The lowest BCUT2D eigenvalue weighted by Crippen LogP contribution is -2.40. The molecule has 188 valence electrons. The van der Waals surface area contributed by atoms with Crippen LogP contribution < -0.4 is 14.8 Å². The van der Waals surface area contributed by atoms with E-state index in [-0.39, 0.29) is 18.4 Å². The van der Waals surface area contributed by atoms with Crippen molar-refractivity contribution >= 4 is 18.0 Å². The summed E-state index contributed by atoms with van der Waals surface area (Å²) in [5.41, 5.74) is 0.208. The molecule has 1 aliphatic heterocycles. The van der Waals surface area contributed by atoms with Gasteiger partial charge in [0.05, 0.1) is 26.9 Å². The summed E-state index contributed by atoms with van der Waals surface area (Å²) in [6, 6.07) is 4.93. The van der Waals surface area contributed by atoms with E-state index in [0.29, 0.717) is 37.4 Å². The number of alkyl carbamates (subject to hydrolysis) is 1. The van der Waals surface area contributed by atoms with Gasteiger partial charge < -0.3 is 29.2 Å². The molecule has 0 spiro atoms. The third-order valence-electron chi connectivity index (χ3n) is 5.26. The molecule has 1 aromatic carbocycles. The summed E-state index contributed by atoms with van der Waals surface area (Å²) in [6.45, 7) is 8.25. The fourth-order valence-electron chi connectivity index (χ4n) is 3.70. The Bertz CT molecular complexity index is 892. The van der Waals surface area contributed by atoms with Crippen LogP contribution in [0, 0.1) is 5.92 Å². The molecular formula is C25H36N2O7. The predicted octanol–water partition coefficient (Wildman–Crippen LogP) is 3.46. The average molecular weight is 477 g/mol. The Kier molecular flexibility index (Phi) is 9.77. The standard InChI is InChI=1S/C25H36N2O7/c1-7-33-22(28)11-9-19(26-24(30)34-25(2,3)4)14-17-12-13-27(23(17)29)16-18-8-10-20(31-5)15-21(18)32-6/h8-11,15,17,19H,7,12-14,16H2,1-6H3,(H,26,30)/b11-9+/t17-,19+/m0/s1. The van der Waals surface area contributed by atoms with Crippen LogP contribution in [0.2, 0.25) is 0 Å². The third kappa shape index (κ3) is 8.28. The van der Waals surface area contributed by atoms with Crippen LogP contribution in [-0.4, -0.2) is 61.9 Å². The number of rotatable bonds is 10. The molecule has 1 aliphatic rings. The van der Waals surface area contributed by atoms with Gasteiger partial charge in [-0.3, -0.25) is 4.79 Å². The third-order valence-corrected chi connectivity index (χ3v) is 5.26. The molecule has 2 rings (SSSR count). The molecule has 1 aromatic rings. The van der Waals surface area contributed by atoms with E-state index in [0.717, 1.165) is 5.56 Å². The molecule has 2 amide bonds. The summed E-state index contributed by atoms with van der Waals surface area (Å²) in [5.74, 6) is 0.493. The number of hydrogen-bond acceptors (Lipinski definition) is 7. The van der Waals surface area contributed by atoms with Crippen LogP contribution >= 0.6 is 0 Å². The number of likely N-dealkylation sites (tertiary alicyclic amines) is 1. The number of nitrogens with one attached hydrogen (secondary N) is 1. The van der Waals surface area contributed by atoms with E-state index in [1.807, 2.05) is 12.1 Å². The molecule has 9 heteroatoms. The fourth-order valence-corrected chi connectivity index (χ4v) is 3.70. The Balaban J connectivity index is 2.08. The van der Waals surface area contributed by atoms with Crippen molar-refractivity contribution in [3.05, 3.63) is 35.9 Å². The number of ether oxygens (including phenoxy) is 4. The maximum absolute atomic E-state index is 13.1. The second-order valence-corrected chi connectivity index (χ2v) is 9.02. The van der Waals surface area contributed by atoms with Crippen molar-refractivity contribution in [2.24, 2.45) is 5.92 Å². The van der Waals surface area contributed by atoms with Crippen molar-refractivity contribution in [2.75, 3.05) is 27.4 Å². The first-order valence-electron chi connectivity index (χ1n) is 11.4. The smallest absolute Gasteiger partial charge is 0.408 e. The highest BCUT2D eigenvalue weighted by Gasteiger charge is 2.34. The SMILES string of the molecule is CCOC(=O)/C=C/[C@H](C[C@@H]1CCN(Cc2ccc(OC)cc2OC)C1=O)NC(=O)OC(C)(C)C. The maximum Gasteiger partial charge on any atom is 0.408 e. The Hall–Kier alpha value is -3.23. The molecule has 0 unspecified atom stereocenters. The first-order chi connectivity index (χ1) is 16.1. The van der Waals surface area contributed by atoms with Gasteiger partial charge >= 0.3 is 12.1 Å². The molecule has 0 bridgehead atoms. The van der Waals surface area contributed by atoms with Gasteiger partial charge in [-0.1, -0.05) is 6.08 Å². The monoisotopic (exact) mass is 476 g/mol. The number of hydrogen-bond donors (Lipinski definition) is 1. The number of carbonyl (C=O) groups is 3. The summed E-state index contributed by atoms with van der Waals surface area (Å²) < 4.78 is 20.9. The van der Waals surface area contributed by atoms with Crippen molar-refractivity contribution in [3.8, 4) is 11.5 Å². The van der Waals surface area contributed by atoms with Gasteiger partial charge in [0, 0.05) is 36.7 Å². The van der Waals surface area contributed by atoms with Gasteiger partial charge in [-0.05, 0) is 52.7 Å². The lowest BCUT2D eigenvalue weighted by molar-refractivity contribution is -0.137. The lowest BCUT2D eigenvalue weighted by Gasteiger charge is -2.24. The zero-order chi connectivity index (χ0) is 25.3. The highest BCUT2D eigenvalue weighted by molar-refractivity contribution is 5.83. The van der Waals surface area contributed by atoms with Crippen LogP contribution in [0.3, 0.4) is 0 Å². The van der Waals surface area contributed by atoms with Crippen LogP contribution in [0.15, 0.2) is 30.4 Å². The van der Waals surface area contributed by atoms with Crippen LogP contribution in [0.25, 0.3) is 0 Å². The zero-order valence-electron chi connectivity index (χ0n) is 20.9. The van der Waals surface area contributed by atoms with Gasteiger partial charge in [-0.15, -0.1) is 0 Å². The second kappa shape index (κ2) is 12.3. The van der Waals surface area contributed by atoms with Crippen molar-refractivity contribution in [3.63, 3.8) is 0 Å². The minimum atomic E-state index is -0.670. The van der Waals surface area contributed by atoms with E-state index < -0.39 is 23.7 Å². The van der Waals surface area contributed by atoms with Crippen molar-refractivity contribution in [1.29, 1.82) is 0 Å². The summed E-state index contributed by atoms with van der Waals surface area (Å²) in [4.78, 5) is 39.0. The van der Waals surface area contributed by atoms with Gasteiger partial charge in [0.2, 0.25) is 5.91 Å². The van der Waals surface area contributed by atoms with E-state index in [2.05, 4.69) is 5.32 Å². The van der Waals surface area contributed by atoms with E-state index >= 15 is 0 Å². The topological polar surface area (TPSA) is 103 Å². The molecular weight excluding hydrogens is 440 g/mol. The number of amides is 2. The molecule has 0 radical (unpaired) electrons. The maximum atomic E-state index is 13.1. The van der Waals surface area contributed by atoms with E-state index in [9.17, 15) is 14.4 Å². The molecule has 0 saturated carbocycles. The minimum absolute atomic E-state index is 0.0154. The largest absolute Gasteiger partial charge is 0.497 e. The van der Waals surface area contributed by atoms with Crippen LogP contribution in [0.4, 0.5) is 4.79 Å². The van der Waals surface area contributed by atoms with Gasteiger partial charge in [0.15, 0.2) is 0 Å². The minimum Gasteiger partial charge on any atom is -0.497 e. The average Bonchev–Trinajstić information content (AvgIpc) is 3.10. The van der Waals surface area contributed by atoms with E-state index in [4.69, 9.17) is 18.9 Å². The van der Waals surface area contributed by atoms with Crippen LogP contribution in [0.1, 0.15) is 46.1 Å². The molecule has 0 aromatic heterocycles. The first kappa shape index (κ1) is 27.0. The first-order valence-corrected chi connectivity index (χ1v) is 11.4. The zero-order valence-corrected chi connectivity index (χ0v) is 20.9. The number of benzene rings is 1. The number of esters is 1. The number of methoxy groups -OCH3 is 2. The summed E-state index contributed by atoms with van der Waals surface area (Å²) in [6.07, 6.45) is 3.17. The van der Waals surface area contributed by atoms with E-state index in [1.165, 1.54) is 6.08 Å². The second-order valence-electron chi connectivity index (χ2n) is 9.02.